The van der Waals surface area contributed by atoms with Gasteiger partial charge in [-0.25, -0.2) is 0 Å². The van der Waals surface area contributed by atoms with Crippen LogP contribution in [0, 0.1) is 0 Å². The molecule has 0 spiro atoms. The minimum absolute atomic E-state index is 0.0897. The molecule has 6 heteroatoms. The van der Waals surface area contributed by atoms with Crippen molar-refractivity contribution in [2.24, 2.45) is 5.73 Å². The van der Waals surface area contributed by atoms with Crippen LogP contribution in [-0.2, 0) is 14.3 Å². The molecule has 6 nitrogen and oxygen atoms in total. The predicted molar refractivity (Wildman–Crippen MR) is 59.0 cm³/mol. The Kier molecular flexibility index (Phi) is 8.46. The van der Waals surface area contributed by atoms with E-state index in [1.165, 1.54) is 0 Å². The number of carbonyl (C=O) groups is 2. The molecule has 0 aliphatic carbocycles. The van der Waals surface area contributed by atoms with Gasteiger partial charge in [0.25, 0.3) is 0 Å². The lowest BCUT2D eigenvalue weighted by atomic mass is 10.1. The van der Waals surface area contributed by atoms with Gasteiger partial charge in [-0.1, -0.05) is 0 Å². The van der Waals surface area contributed by atoms with Gasteiger partial charge in [0.05, 0.1) is 6.04 Å². The van der Waals surface area contributed by atoms with Gasteiger partial charge in [0, 0.05) is 26.2 Å². The molecule has 0 saturated heterocycles. The van der Waals surface area contributed by atoms with Gasteiger partial charge in [0.1, 0.15) is 0 Å². The fraction of sp³-hybridized carbons (Fsp3) is 0.800. The molecule has 0 aromatic heterocycles. The molecule has 1 atom stereocenters. The highest BCUT2D eigenvalue weighted by Crippen LogP contribution is 1.94. The molecule has 0 heterocycles. The highest BCUT2D eigenvalue weighted by Gasteiger charge is 2.13. The van der Waals surface area contributed by atoms with Crippen LogP contribution in [0.4, 0.5) is 0 Å². The van der Waals surface area contributed by atoms with Gasteiger partial charge in [0.15, 0.2) is 0 Å². The summed E-state index contributed by atoms with van der Waals surface area (Å²) >= 11 is 0. The molecule has 0 aliphatic heterocycles. The highest BCUT2D eigenvalue weighted by atomic mass is 16.5. The summed E-state index contributed by atoms with van der Waals surface area (Å²) in [5.41, 5.74) is 5.50. The van der Waals surface area contributed by atoms with Crippen molar-refractivity contribution in [2.45, 2.75) is 32.2 Å². The fourth-order valence-electron chi connectivity index (χ4n) is 1.07. The Morgan fingerprint density at radius 3 is 2.75 bits per heavy atom. The van der Waals surface area contributed by atoms with E-state index in [-0.39, 0.29) is 18.7 Å². The molecule has 16 heavy (non-hydrogen) atoms. The Balaban J connectivity index is 3.51. The van der Waals surface area contributed by atoms with Crippen molar-refractivity contribution in [3.63, 3.8) is 0 Å². The lowest BCUT2D eigenvalue weighted by Crippen LogP contribution is -2.41. The first-order valence-corrected chi connectivity index (χ1v) is 5.40. The smallest absolute Gasteiger partial charge is 0.303 e. The maximum Gasteiger partial charge on any atom is 0.303 e. The molecule has 4 N–H and O–H groups in total. The molecular formula is C10H20N2O4. The third kappa shape index (κ3) is 8.19. The van der Waals surface area contributed by atoms with Crippen LogP contribution in [0.1, 0.15) is 26.2 Å². The SMILES string of the molecule is CCOCCCNC(=O)C(N)CCC(=O)O. The first-order valence-electron chi connectivity index (χ1n) is 5.40. The summed E-state index contributed by atoms with van der Waals surface area (Å²) in [6, 6.07) is -0.747. The number of hydrogen-bond acceptors (Lipinski definition) is 4. The van der Waals surface area contributed by atoms with E-state index >= 15 is 0 Å². The number of nitrogens with two attached hydrogens (primary N) is 1. The molecular weight excluding hydrogens is 212 g/mol. The first kappa shape index (κ1) is 14.9. The Morgan fingerprint density at radius 1 is 1.50 bits per heavy atom. The van der Waals surface area contributed by atoms with E-state index in [0.29, 0.717) is 19.8 Å². The summed E-state index contributed by atoms with van der Waals surface area (Å²) in [6.45, 7) is 3.66. The second kappa shape index (κ2) is 9.11. The van der Waals surface area contributed by atoms with Crippen LogP contribution in [0.2, 0.25) is 0 Å². The lowest BCUT2D eigenvalue weighted by Gasteiger charge is -2.10. The van der Waals surface area contributed by atoms with Crippen LogP contribution in [0.25, 0.3) is 0 Å². The van der Waals surface area contributed by atoms with Crippen molar-refractivity contribution in [3.05, 3.63) is 0 Å². The van der Waals surface area contributed by atoms with Crippen LogP contribution in [0.5, 0.6) is 0 Å². The van der Waals surface area contributed by atoms with Crippen LogP contribution in [0.3, 0.4) is 0 Å². The van der Waals surface area contributed by atoms with Crippen LogP contribution in [0.15, 0.2) is 0 Å². The molecule has 0 bridgehead atoms. The number of carboxylic acid groups (broad SMARTS) is 1. The van der Waals surface area contributed by atoms with Crippen molar-refractivity contribution in [1.29, 1.82) is 0 Å². The number of hydrogen-bond donors (Lipinski definition) is 3. The minimum atomic E-state index is -0.945. The van der Waals surface area contributed by atoms with Gasteiger partial charge in [-0.05, 0) is 19.8 Å². The van der Waals surface area contributed by atoms with Crippen molar-refractivity contribution in [2.75, 3.05) is 19.8 Å². The standard InChI is InChI=1S/C10H20N2O4/c1-2-16-7-3-6-12-10(15)8(11)4-5-9(13)14/h8H,2-7,11H2,1H3,(H,12,15)(H,13,14). The zero-order chi connectivity index (χ0) is 12.4. The summed E-state index contributed by atoms with van der Waals surface area (Å²) in [5, 5.41) is 11.0. The molecule has 94 valence electrons. The van der Waals surface area contributed by atoms with Gasteiger partial charge in [0.2, 0.25) is 5.91 Å². The number of nitrogens with one attached hydrogen (secondary N) is 1. The van der Waals surface area contributed by atoms with Crippen molar-refractivity contribution in [1.82, 2.24) is 5.32 Å². The Bertz CT molecular complexity index is 221. The average Bonchev–Trinajstić information content (AvgIpc) is 2.25. The monoisotopic (exact) mass is 232 g/mol. The van der Waals surface area contributed by atoms with Gasteiger partial charge < -0.3 is 20.9 Å². The average molecular weight is 232 g/mol. The molecule has 0 rings (SSSR count). The van der Waals surface area contributed by atoms with Crippen molar-refractivity contribution < 1.29 is 19.4 Å². The second-order valence-electron chi connectivity index (χ2n) is 3.38. The van der Waals surface area contributed by atoms with Gasteiger partial charge in [-0.15, -0.1) is 0 Å². The zero-order valence-corrected chi connectivity index (χ0v) is 9.57. The second-order valence-corrected chi connectivity index (χ2v) is 3.38. The summed E-state index contributed by atoms with van der Waals surface area (Å²) < 4.78 is 5.09. The van der Waals surface area contributed by atoms with Crippen LogP contribution >= 0.6 is 0 Å². The van der Waals surface area contributed by atoms with Crippen LogP contribution < -0.4 is 11.1 Å². The van der Waals surface area contributed by atoms with E-state index in [9.17, 15) is 9.59 Å². The number of carboxylic acids is 1. The van der Waals surface area contributed by atoms with E-state index in [1.54, 1.807) is 0 Å². The third-order valence-corrected chi connectivity index (χ3v) is 1.97. The largest absolute Gasteiger partial charge is 0.481 e. The first-order chi connectivity index (χ1) is 7.57. The Labute approximate surface area is 95.1 Å². The molecule has 1 unspecified atom stereocenters. The molecule has 0 fully saturated rings. The summed E-state index contributed by atoms with van der Waals surface area (Å²) in [5.74, 6) is -1.25. The quantitative estimate of drug-likeness (QED) is 0.475. The number of ether oxygens (including phenoxy) is 1. The predicted octanol–water partition coefficient (Wildman–Crippen LogP) is -0.279. The summed E-state index contributed by atoms with van der Waals surface area (Å²) in [6.07, 6.45) is 0.797. The lowest BCUT2D eigenvalue weighted by molar-refractivity contribution is -0.137. The number of amides is 1. The van der Waals surface area contributed by atoms with E-state index in [1.807, 2.05) is 6.92 Å². The Hall–Kier alpha value is -1.14. The Morgan fingerprint density at radius 2 is 2.19 bits per heavy atom. The number of aliphatic carboxylic acids is 1. The van der Waals surface area contributed by atoms with Crippen LogP contribution in [-0.4, -0.2) is 42.8 Å². The molecule has 1 amide bonds. The van der Waals surface area contributed by atoms with E-state index < -0.39 is 12.0 Å². The van der Waals surface area contributed by atoms with Gasteiger partial charge in [-0.2, -0.15) is 0 Å². The number of rotatable bonds is 9. The molecule has 0 aromatic rings. The third-order valence-electron chi connectivity index (χ3n) is 1.97. The fourth-order valence-corrected chi connectivity index (χ4v) is 1.07. The maximum absolute atomic E-state index is 11.3. The zero-order valence-electron chi connectivity index (χ0n) is 9.57. The van der Waals surface area contributed by atoms with E-state index in [4.69, 9.17) is 15.6 Å². The van der Waals surface area contributed by atoms with Crippen molar-refractivity contribution in [3.8, 4) is 0 Å². The topological polar surface area (TPSA) is 102 Å². The molecule has 0 aliphatic rings. The highest BCUT2D eigenvalue weighted by molar-refractivity contribution is 5.82. The minimum Gasteiger partial charge on any atom is -0.481 e. The summed E-state index contributed by atoms with van der Waals surface area (Å²) in [7, 11) is 0. The normalized spacial score (nSPS) is 12.1. The maximum atomic E-state index is 11.3. The van der Waals surface area contributed by atoms with E-state index in [2.05, 4.69) is 5.32 Å². The van der Waals surface area contributed by atoms with Gasteiger partial charge in [-0.3, -0.25) is 9.59 Å². The molecule has 0 saturated carbocycles. The van der Waals surface area contributed by atoms with Gasteiger partial charge >= 0.3 is 5.97 Å². The van der Waals surface area contributed by atoms with E-state index in [0.717, 1.165) is 6.42 Å². The summed E-state index contributed by atoms with van der Waals surface area (Å²) in [4.78, 5) is 21.6. The number of carbonyl (C=O) groups excluding carboxylic acids is 1. The van der Waals surface area contributed by atoms with Crippen molar-refractivity contribution >= 4 is 11.9 Å². The molecule has 0 radical (unpaired) electrons. The molecule has 0 aromatic carbocycles.